The Balaban J connectivity index is 2.53. The fraction of sp³-hybridized carbons (Fsp3) is 1.00. The summed E-state index contributed by atoms with van der Waals surface area (Å²) in [5, 5.41) is 16.6. The molecule has 1 aliphatic rings. The smallest absolute Gasteiger partial charge is 0.164 e. The number of aliphatic hydroxyl groups excluding tert-OH is 2. The molecule has 0 aromatic carbocycles. The van der Waals surface area contributed by atoms with Crippen LogP contribution in [0.25, 0.3) is 0 Å². The molecule has 2 N–H and O–H groups in total. The van der Waals surface area contributed by atoms with E-state index in [9.17, 15) is 4.39 Å². The van der Waals surface area contributed by atoms with Gasteiger partial charge in [0.15, 0.2) is 6.17 Å². The second-order valence-corrected chi connectivity index (χ2v) is 3.05. The monoisotopic (exact) mass is 214 g/mol. The van der Waals surface area contributed by atoms with Gasteiger partial charge in [-0.1, -0.05) is 15.9 Å². The molecule has 0 aromatic rings. The lowest BCUT2D eigenvalue weighted by Gasteiger charge is -2.08. The van der Waals surface area contributed by atoms with Crippen LogP contribution in [0.3, 0.4) is 0 Å². The average molecular weight is 215 g/mol. The first kappa shape index (κ1) is 8.39. The molecule has 5 heteroatoms. The van der Waals surface area contributed by atoms with E-state index in [0.717, 1.165) is 0 Å². The highest BCUT2D eigenvalue weighted by molar-refractivity contribution is 9.09. The highest BCUT2D eigenvalue weighted by atomic mass is 79.9. The standard InChI is InChI=1S/C5H8BrFO3/c6-5-3(7)4(9)2(1-8)10-5/h2-5,8-9H,1H2/t2-,3+,4-,5-/m0/s1. The van der Waals surface area contributed by atoms with E-state index in [0.29, 0.717) is 0 Å². The molecule has 1 rings (SSSR count). The van der Waals surface area contributed by atoms with Crippen LogP contribution in [-0.4, -0.2) is 40.2 Å². The number of alkyl halides is 2. The molecule has 60 valence electrons. The summed E-state index contributed by atoms with van der Waals surface area (Å²) >= 11 is 2.86. The van der Waals surface area contributed by atoms with E-state index in [1.54, 1.807) is 0 Å². The molecule has 0 aromatic heterocycles. The second kappa shape index (κ2) is 3.13. The van der Waals surface area contributed by atoms with Gasteiger partial charge in [-0.15, -0.1) is 0 Å². The van der Waals surface area contributed by atoms with Gasteiger partial charge in [0, 0.05) is 0 Å². The molecule has 1 saturated heterocycles. The largest absolute Gasteiger partial charge is 0.394 e. The molecule has 1 heterocycles. The summed E-state index contributed by atoms with van der Waals surface area (Å²) in [7, 11) is 0. The fourth-order valence-corrected chi connectivity index (χ4v) is 1.42. The molecule has 0 radical (unpaired) electrons. The molecule has 1 aliphatic heterocycles. The third kappa shape index (κ3) is 1.32. The Labute approximate surface area is 65.9 Å². The maximum Gasteiger partial charge on any atom is 0.164 e. The third-order valence-corrected chi connectivity index (χ3v) is 2.16. The predicted octanol–water partition coefficient (Wildman–Crippen LogP) is -0.203. The van der Waals surface area contributed by atoms with E-state index < -0.39 is 23.4 Å². The predicted molar refractivity (Wildman–Crippen MR) is 35.6 cm³/mol. The van der Waals surface area contributed by atoms with Gasteiger partial charge in [-0.2, -0.15) is 0 Å². The van der Waals surface area contributed by atoms with E-state index >= 15 is 0 Å². The maximum atomic E-state index is 12.6. The first-order valence-electron chi connectivity index (χ1n) is 2.89. The number of ether oxygens (including phenoxy) is 1. The fourth-order valence-electron chi connectivity index (χ4n) is 0.834. The van der Waals surface area contributed by atoms with Crippen LogP contribution < -0.4 is 0 Å². The Morgan fingerprint density at radius 2 is 2.20 bits per heavy atom. The first-order chi connectivity index (χ1) is 4.66. The number of rotatable bonds is 1. The minimum absolute atomic E-state index is 0.357. The van der Waals surface area contributed by atoms with Crippen molar-refractivity contribution in [3.63, 3.8) is 0 Å². The van der Waals surface area contributed by atoms with E-state index in [4.69, 9.17) is 14.9 Å². The number of hydrogen-bond acceptors (Lipinski definition) is 3. The number of aliphatic hydroxyl groups is 2. The van der Waals surface area contributed by atoms with Gasteiger partial charge in [0.1, 0.15) is 17.2 Å². The molecule has 0 aliphatic carbocycles. The summed E-state index contributed by atoms with van der Waals surface area (Å²) in [6.07, 6.45) is -3.45. The summed E-state index contributed by atoms with van der Waals surface area (Å²) in [6.45, 7) is -0.357. The van der Waals surface area contributed by atoms with Gasteiger partial charge >= 0.3 is 0 Å². The Morgan fingerprint density at radius 3 is 2.40 bits per heavy atom. The third-order valence-electron chi connectivity index (χ3n) is 1.44. The quantitative estimate of drug-likeness (QED) is 0.595. The van der Waals surface area contributed by atoms with E-state index in [1.165, 1.54) is 0 Å². The van der Waals surface area contributed by atoms with Crippen LogP contribution >= 0.6 is 15.9 Å². The van der Waals surface area contributed by atoms with Gasteiger partial charge in [0.25, 0.3) is 0 Å². The minimum Gasteiger partial charge on any atom is -0.394 e. The van der Waals surface area contributed by atoms with Crippen molar-refractivity contribution in [1.29, 1.82) is 0 Å². The van der Waals surface area contributed by atoms with Gasteiger partial charge in [-0.3, -0.25) is 0 Å². The molecule has 4 atom stereocenters. The van der Waals surface area contributed by atoms with Crippen LogP contribution in [0.1, 0.15) is 0 Å². The lowest BCUT2D eigenvalue weighted by molar-refractivity contribution is -0.00348. The molecule has 1 fully saturated rings. The van der Waals surface area contributed by atoms with E-state index in [2.05, 4.69) is 15.9 Å². The van der Waals surface area contributed by atoms with Gasteiger partial charge in [0.05, 0.1) is 6.61 Å². The number of halogens is 2. The summed E-state index contributed by atoms with van der Waals surface area (Å²) < 4.78 is 17.4. The molecule has 0 unspecified atom stereocenters. The SMILES string of the molecule is OC[C@@H]1O[C@H](Br)[C@H](F)[C@H]1O. The Kier molecular flexibility index (Phi) is 2.62. The van der Waals surface area contributed by atoms with Crippen LogP contribution in [-0.2, 0) is 4.74 Å². The second-order valence-electron chi connectivity index (χ2n) is 2.14. The van der Waals surface area contributed by atoms with Crippen molar-refractivity contribution in [2.45, 2.75) is 23.4 Å². The number of hydrogen-bond donors (Lipinski definition) is 2. The normalized spacial score (nSPS) is 48.0. The van der Waals surface area contributed by atoms with Crippen LogP contribution in [0.5, 0.6) is 0 Å². The molecule has 3 nitrogen and oxygen atoms in total. The van der Waals surface area contributed by atoms with Gasteiger partial charge in [-0.05, 0) is 0 Å². The van der Waals surface area contributed by atoms with Crippen molar-refractivity contribution in [3.8, 4) is 0 Å². The van der Waals surface area contributed by atoms with Crippen LogP contribution in [0.4, 0.5) is 4.39 Å². The highest BCUT2D eigenvalue weighted by Crippen LogP contribution is 2.27. The van der Waals surface area contributed by atoms with Crippen LogP contribution in [0.15, 0.2) is 0 Å². The minimum atomic E-state index is -1.45. The van der Waals surface area contributed by atoms with Gasteiger partial charge in [0.2, 0.25) is 0 Å². The van der Waals surface area contributed by atoms with E-state index in [-0.39, 0.29) is 6.61 Å². The zero-order valence-electron chi connectivity index (χ0n) is 5.08. The average Bonchev–Trinajstić information content (AvgIpc) is 2.17. The van der Waals surface area contributed by atoms with E-state index in [1.807, 2.05) is 0 Å². The summed E-state index contributed by atoms with van der Waals surface area (Å²) in [4.78, 5) is 0. The Morgan fingerprint density at radius 1 is 1.60 bits per heavy atom. The van der Waals surface area contributed by atoms with Crippen molar-refractivity contribution >= 4 is 15.9 Å². The zero-order chi connectivity index (χ0) is 7.72. The molecular formula is C5H8BrFO3. The molecule has 0 amide bonds. The lowest BCUT2D eigenvalue weighted by Crippen LogP contribution is -2.30. The maximum absolute atomic E-state index is 12.6. The first-order valence-corrected chi connectivity index (χ1v) is 3.81. The van der Waals surface area contributed by atoms with Crippen molar-refractivity contribution in [2.75, 3.05) is 6.61 Å². The van der Waals surface area contributed by atoms with Crippen molar-refractivity contribution < 1.29 is 19.3 Å². The molecule has 0 saturated carbocycles. The molecule has 0 spiro atoms. The summed E-state index contributed by atoms with van der Waals surface area (Å²) in [5.74, 6) is 0. The molecule has 10 heavy (non-hydrogen) atoms. The van der Waals surface area contributed by atoms with Crippen molar-refractivity contribution in [1.82, 2.24) is 0 Å². The zero-order valence-corrected chi connectivity index (χ0v) is 6.66. The highest BCUT2D eigenvalue weighted by Gasteiger charge is 2.42. The van der Waals surface area contributed by atoms with Gasteiger partial charge in [-0.25, -0.2) is 4.39 Å². The van der Waals surface area contributed by atoms with Crippen molar-refractivity contribution in [3.05, 3.63) is 0 Å². The molecule has 0 bridgehead atoms. The van der Waals surface area contributed by atoms with Crippen LogP contribution in [0, 0.1) is 0 Å². The van der Waals surface area contributed by atoms with Gasteiger partial charge < -0.3 is 14.9 Å². The summed E-state index contributed by atoms with van der Waals surface area (Å²) in [5.41, 5.74) is 0. The van der Waals surface area contributed by atoms with Crippen LogP contribution in [0.2, 0.25) is 0 Å². The molecular weight excluding hydrogens is 207 g/mol. The topological polar surface area (TPSA) is 49.7 Å². The Bertz CT molecular complexity index is 123. The lowest BCUT2D eigenvalue weighted by atomic mass is 10.2. The Hall–Kier alpha value is 0.290. The summed E-state index contributed by atoms with van der Waals surface area (Å²) in [6, 6.07) is 0. The van der Waals surface area contributed by atoms with Crippen molar-refractivity contribution in [2.24, 2.45) is 0 Å².